The average Bonchev–Trinajstić information content (AvgIpc) is 2.86. The molecule has 0 saturated heterocycles. The highest BCUT2D eigenvalue weighted by Gasteiger charge is 2.38. The molecule has 0 unspecified atom stereocenters. The third-order valence-electron chi connectivity index (χ3n) is 3.30. The Morgan fingerprint density at radius 1 is 1.50 bits per heavy atom. The van der Waals surface area contributed by atoms with Gasteiger partial charge >= 0.3 is 5.97 Å². The summed E-state index contributed by atoms with van der Waals surface area (Å²) in [4.78, 5) is 11.6. The molecule has 1 fully saturated rings. The highest BCUT2D eigenvalue weighted by atomic mass is 16.5. The maximum absolute atomic E-state index is 11.6. The molecule has 0 radical (unpaired) electrons. The fourth-order valence-corrected chi connectivity index (χ4v) is 2.55. The second kappa shape index (κ2) is 4.68. The molecule has 1 heterocycles. The molecule has 1 aromatic rings. The summed E-state index contributed by atoms with van der Waals surface area (Å²) in [6, 6.07) is 1.91. The van der Waals surface area contributed by atoms with Crippen LogP contribution in [0.1, 0.15) is 39.0 Å². The molecule has 0 N–H and O–H groups in total. The Morgan fingerprint density at radius 2 is 2.25 bits per heavy atom. The van der Waals surface area contributed by atoms with Crippen LogP contribution in [0.4, 0.5) is 0 Å². The Balaban J connectivity index is 2.13. The van der Waals surface area contributed by atoms with Crippen LogP contribution in [0.15, 0.2) is 18.5 Å². The van der Waals surface area contributed by atoms with Gasteiger partial charge in [0.25, 0.3) is 0 Å². The van der Waals surface area contributed by atoms with Crippen molar-refractivity contribution in [3.63, 3.8) is 0 Å². The Morgan fingerprint density at radius 3 is 2.81 bits per heavy atom. The lowest BCUT2D eigenvalue weighted by molar-refractivity contribution is -0.145. The molecule has 0 aliphatic heterocycles. The van der Waals surface area contributed by atoms with Crippen molar-refractivity contribution in [1.82, 2.24) is 9.78 Å². The summed E-state index contributed by atoms with van der Waals surface area (Å²) in [5, 5.41) is 4.29. The van der Waals surface area contributed by atoms with Gasteiger partial charge in [-0.2, -0.15) is 5.10 Å². The first-order valence-corrected chi connectivity index (χ1v) is 5.92. The third-order valence-corrected chi connectivity index (χ3v) is 3.30. The van der Waals surface area contributed by atoms with E-state index in [1.54, 1.807) is 6.20 Å². The first-order valence-electron chi connectivity index (χ1n) is 5.92. The molecule has 4 nitrogen and oxygen atoms in total. The van der Waals surface area contributed by atoms with Crippen LogP contribution in [0.3, 0.4) is 0 Å². The van der Waals surface area contributed by atoms with Crippen LogP contribution in [0.25, 0.3) is 0 Å². The zero-order chi connectivity index (χ0) is 11.4. The molecule has 0 bridgehead atoms. The van der Waals surface area contributed by atoms with Gasteiger partial charge in [-0.05, 0) is 25.8 Å². The largest absolute Gasteiger partial charge is 0.466 e. The molecule has 2 rings (SSSR count). The Hall–Kier alpha value is -1.32. The van der Waals surface area contributed by atoms with Crippen molar-refractivity contribution in [2.24, 2.45) is 0 Å². The second-order valence-electron chi connectivity index (χ2n) is 4.36. The van der Waals surface area contributed by atoms with Gasteiger partial charge in [-0.15, -0.1) is 0 Å². The SMILES string of the molecule is CCOC(=O)CC1(n2cccn2)CCCC1. The fraction of sp³-hybridized carbons (Fsp3) is 0.667. The normalized spacial score (nSPS) is 18.6. The summed E-state index contributed by atoms with van der Waals surface area (Å²) >= 11 is 0. The standard InChI is InChI=1S/C12H18N2O2/c1-2-16-11(15)10-12(6-3-4-7-12)14-9-5-8-13-14/h5,8-9H,2-4,6-7,10H2,1H3. The van der Waals surface area contributed by atoms with Gasteiger partial charge in [0.15, 0.2) is 0 Å². The van der Waals surface area contributed by atoms with E-state index in [1.165, 1.54) is 12.8 Å². The van der Waals surface area contributed by atoms with Crippen molar-refractivity contribution in [3.8, 4) is 0 Å². The number of ether oxygens (including phenoxy) is 1. The van der Waals surface area contributed by atoms with E-state index in [0.717, 1.165) is 12.8 Å². The summed E-state index contributed by atoms with van der Waals surface area (Å²) < 4.78 is 6.99. The number of rotatable bonds is 4. The minimum atomic E-state index is -0.129. The highest BCUT2D eigenvalue weighted by molar-refractivity contribution is 5.70. The molecule has 1 saturated carbocycles. The van der Waals surface area contributed by atoms with Crippen molar-refractivity contribution < 1.29 is 9.53 Å². The van der Waals surface area contributed by atoms with Crippen molar-refractivity contribution in [2.75, 3.05) is 6.61 Å². The molecule has 16 heavy (non-hydrogen) atoms. The number of hydrogen-bond donors (Lipinski definition) is 0. The molecule has 0 spiro atoms. The van der Waals surface area contributed by atoms with Gasteiger partial charge in [0, 0.05) is 12.4 Å². The van der Waals surface area contributed by atoms with E-state index in [9.17, 15) is 4.79 Å². The van der Waals surface area contributed by atoms with E-state index < -0.39 is 0 Å². The van der Waals surface area contributed by atoms with Crippen LogP contribution in [0, 0.1) is 0 Å². The van der Waals surface area contributed by atoms with Gasteiger partial charge < -0.3 is 4.74 Å². The van der Waals surface area contributed by atoms with Crippen LogP contribution in [0.5, 0.6) is 0 Å². The molecule has 0 amide bonds. The summed E-state index contributed by atoms with van der Waals surface area (Å²) in [5.74, 6) is -0.111. The molecular formula is C12H18N2O2. The number of aromatic nitrogens is 2. The lowest BCUT2D eigenvalue weighted by atomic mass is 9.93. The Kier molecular flexibility index (Phi) is 3.27. The van der Waals surface area contributed by atoms with Gasteiger partial charge in [0.2, 0.25) is 0 Å². The molecule has 88 valence electrons. The molecule has 0 atom stereocenters. The van der Waals surface area contributed by atoms with Crippen molar-refractivity contribution >= 4 is 5.97 Å². The molecular weight excluding hydrogens is 204 g/mol. The van der Waals surface area contributed by atoms with E-state index in [0.29, 0.717) is 13.0 Å². The van der Waals surface area contributed by atoms with Crippen LogP contribution in [-0.2, 0) is 15.1 Å². The molecule has 4 heteroatoms. The van der Waals surface area contributed by atoms with Crippen LogP contribution in [0.2, 0.25) is 0 Å². The second-order valence-corrected chi connectivity index (χ2v) is 4.36. The van der Waals surface area contributed by atoms with Crippen LogP contribution < -0.4 is 0 Å². The third kappa shape index (κ3) is 2.10. The van der Waals surface area contributed by atoms with Gasteiger partial charge in [-0.3, -0.25) is 9.48 Å². The number of hydrogen-bond acceptors (Lipinski definition) is 3. The van der Waals surface area contributed by atoms with Gasteiger partial charge in [0.1, 0.15) is 0 Å². The number of esters is 1. The number of carbonyl (C=O) groups is 1. The van der Waals surface area contributed by atoms with Crippen molar-refractivity contribution in [3.05, 3.63) is 18.5 Å². The maximum atomic E-state index is 11.6. The minimum absolute atomic E-state index is 0.111. The van der Waals surface area contributed by atoms with E-state index in [-0.39, 0.29) is 11.5 Å². The Bertz CT molecular complexity index is 340. The zero-order valence-electron chi connectivity index (χ0n) is 9.69. The summed E-state index contributed by atoms with van der Waals surface area (Å²) in [7, 11) is 0. The van der Waals surface area contributed by atoms with E-state index in [4.69, 9.17) is 4.74 Å². The average molecular weight is 222 g/mol. The highest BCUT2D eigenvalue weighted by Crippen LogP contribution is 2.39. The predicted octanol–water partition coefficient (Wildman–Crippen LogP) is 2.11. The smallest absolute Gasteiger partial charge is 0.308 e. The molecule has 0 aromatic carbocycles. The van der Waals surface area contributed by atoms with Gasteiger partial charge in [-0.1, -0.05) is 12.8 Å². The fourth-order valence-electron chi connectivity index (χ4n) is 2.55. The maximum Gasteiger partial charge on any atom is 0.308 e. The summed E-state index contributed by atoms with van der Waals surface area (Å²) in [6.07, 6.45) is 8.54. The summed E-state index contributed by atoms with van der Waals surface area (Å²) in [6.45, 7) is 2.29. The zero-order valence-corrected chi connectivity index (χ0v) is 9.69. The van der Waals surface area contributed by atoms with Gasteiger partial charge in [-0.25, -0.2) is 0 Å². The van der Waals surface area contributed by atoms with Crippen LogP contribution in [-0.4, -0.2) is 22.4 Å². The quantitative estimate of drug-likeness (QED) is 0.733. The van der Waals surface area contributed by atoms with E-state index >= 15 is 0 Å². The van der Waals surface area contributed by atoms with Gasteiger partial charge in [0.05, 0.1) is 18.6 Å². The van der Waals surface area contributed by atoms with Crippen molar-refractivity contribution in [1.29, 1.82) is 0 Å². The topological polar surface area (TPSA) is 44.1 Å². The minimum Gasteiger partial charge on any atom is -0.466 e. The van der Waals surface area contributed by atoms with E-state index in [1.807, 2.05) is 23.9 Å². The molecule has 1 aromatic heterocycles. The molecule has 1 aliphatic carbocycles. The molecule has 1 aliphatic rings. The first kappa shape index (κ1) is 11.2. The monoisotopic (exact) mass is 222 g/mol. The van der Waals surface area contributed by atoms with E-state index in [2.05, 4.69) is 5.10 Å². The predicted molar refractivity (Wildman–Crippen MR) is 59.9 cm³/mol. The lowest BCUT2D eigenvalue weighted by Crippen LogP contribution is -2.34. The number of carbonyl (C=O) groups excluding carboxylic acids is 1. The Labute approximate surface area is 95.6 Å². The van der Waals surface area contributed by atoms with Crippen LogP contribution >= 0.6 is 0 Å². The number of nitrogens with zero attached hydrogens (tertiary/aromatic N) is 2. The summed E-state index contributed by atoms with van der Waals surface area (Å²) in [5.41, 5.74) is -0.129. The first-order chi connectivity index (χ1) is 7.77. The van der Waals surface area contributed by atoms with Crippen molar-refractivity contribution in [2.45, 2.75) is 44.6 Å². The lowest BCUT2D eigenvalue weighted by Gasteiger charge is -2.28.